The lowest BCUT2D eigenvalue weighted by Gasteiger charge is -2.33. The second kappa shape index (κ2) is 5.69. The predicted octanol–water partition coefficient (Wildman–Crippen LogP) is 2.58. The van der Waals surface area contributed by atoms with Crippen molar-refractivity contribution in [1.29, 1.82) is 0 Å². The van der Waals surface area contributed by atoms with Crippen LogP contribution in [0.2, 0.25) is 5.28 Å². The predicted molar refractivity (Wildman–Crippen MR) is 74.2 cm³/mol. The van der Waals surface area contributed by atoms with Gasteiger partial charge in [-0.1, -0.05) is 6.92 Å². The van der Waals surface area contributed by atoms with Crippen molar-refractivity contribution in [3.63, 3.8) is 0 Å². The Balaban J connectivity index is 2.10. The Morgan fingerprint density at radius 2 is 1.89 bits per heavy atom. The number of halogens is 1. The highest BCUT2D eigenvalue weighted by Gasteiger charge is 2.26. The standard InChI is InChI=1S/C12H20ClN5/c1-4-18(5-2)12-16-10(13)15-11(17-12)14-9-6-8(3)7-9/h8-9H,4-7H2,1-3H3,(H,14,15,16,17). The molecule has 1 aromatic heterocycles. The third kappa shape index (κ3) is 3.02. The van der Waals surface area contributed by atoms with Crippen LogP contribution in [0.15, 0.2) is 0 Å². The molecule has 0 bridgehead atoms. The van der Waals surface area contributed by atoms with Crippen molar-refractivity contribution in [3.8, 4) is 0 Å². The van der Waals surface area contributed by atoms with Gasteiger partial charge in [-0.05, 0) is 44.2 Å². The fourth-order valence-electron chi connectivity index (χ4n) is 2.25. The van der Waals surface area contributed by atoms with Crippen LogP contribution in [0.1, 0.15) is 33.6 Å². The first-order valence-electron chi connectivity index (χ1n) is 6.55. The van der Waals surface area contributed by atoms with Crippen LogP contribution in [-0.2, 0) is 0 Å². The molecule has 1 aromatic rings. The third-order valence-electron chi connectivity index (χ3n) is 3.35. The maximum atomic E-state index is 5.95. The van der Waals surface area contributed by atoms with Gasteiger partial charge in [-0.25, -0.2) is 0 Å². The molecule has 0 saturated heterocycles. The Labute approximate surface area is 113 Å². The minimum atomic E-state index is 0.252. The summed E-state index contributed by atoms with van der Waals surface area (Å²) >= 11 is 5.95. The largest absolute Gasteiger partial charge is 0.351 e. The van der Waals surface area contributed by atoms with Crippen molar-refractivity contribution in [2.75, 3.05) is 23.3 Å². The number of rotatable bonds is 5. The molecule has 18 heavy (non-hydrogen) atoms. The van der Waals surface area contributed by atoms with Crippen LogP contribution >= 0.6 is 11.6 Å². The fraction of sp³-hybridized carbons (Fsp3) is 0.750. The van der Waals surface area contributed by atoms with Crippen molar-refractivity contribution in [2.45, 2.75) is 39.7 Å². The van der Waals surface area contributed by atoms with Crippen molar-refractivity contribution < 1.29 is 0 Å². The Hall–Kier alpha value is -1.10. The van der Waals surface area contributed by atoms with Crippen LogP contribution in [0, 0.1) is 5.92 Å². The number of hydrogen-bond donors (Lipinski definition) is 1. The molecule has 0 spiro atoms. The van der Waals surface area contributed by atoms with Crippen molar-refractivity contribution in [2.24, 2.45) is 5.92 Å². The lowest BCUT2D eigenvalue weighted by atomic mass is 9.82. The van der Waals surface area contributed by atoms with Crippen LogP contribution in [-0.4, -0.2) is 34.1 Å². The topological polar surface area (TPSA) is 53.9 Å². The molecule has 1 aliphatic rings. The first-order valence-corrected chi connectivity index (χ1v) is 6.93. The highest BCUT2D eigenvalue weighted by molar-refractivity contribution is 6.28. The van der Waals surface area contributed by atoms with Gasteiger partial charge in [0.15, 0.2) is 0 Å². The van der Waals surface area contributed by atoms with Crippen LogP contribution in [0.4, 0.5) is 11.9 Å². The van der Waals surface area contributed by atoms with E-state index in [-0.39, 0.29) is 5.28 Å². The van der Waals surface area contributed by atoms with Gasteiger partial charge < -0.3 is 10.2 Å². The molecular formula is C12H20ClN5. The molecule has 1 saturated carbocycles. The molecular weight excluding hydrogens is 250 g/mol. The quantitative estimate of drug-likeness (QED) is 0.890. The number of hydrogen-bond acceptors (Lipinski definition) is 5. The van der Waals surface area contributed by atoms with Crippen molar-refractivity contribution >= 4 is 23.5 Å². The molecule has 1 aliphatic carbocycles. The molecule has 100 valence electrons. The molecule has 0 atom stereocenters. The molecule has 0 amide bonds. The van der Waals surface area contributed by atoms with Gasteiger partial charge >= 0.3 is 0 Å². The molecule has 1 heterocycles. The van der Waals surface area contributed by atoms with Crippen LogP contribution < -0.4 is 10.2 Å². The second-order valence-corrected chi connectivity index (χ2v) is 5.16. The van der Waals surface area contributed by atoms with Gasteiger partial charge in [-0.15, -0.1) is 0 Å². The molecule has 0 aromatic carbocycles. The van der Waals surface area contributed by atoms with Gasteiger partial charge in [0.25, 0.3) is 0 Å². The number of anilines is 2. The van der Waals surface area contributed by atoms with E-state index in [1.165, 1.54) is 12.8 Å². The normalized spacial score (nSPS) is 22.4. The Morgan fingerprint density at radius 3 is 2.44 bits per heavy atom. The van der Waals surface area contributed by atoms with E-state index < -0.39 is 0 Å². The maximum absolute atomic E-state index is 5.95. The van der Waals surface area contributed by atoms with E-state index in [0.717, 1.165) is 19.0 Å². The summed E-state index contributed by atoms with van der Waals surface area (Å²) in [5, 5.41) is 3.57. The smallest absolute Gasteiger partial charge is 0.231 e. The fourth-order valence-corrected chi connectivity index (χ4v) is 2.41. The van der Waals surface area contributed by atoms with E-state index in [4.69, 9.17) is 11.6 Å². The summed E-state index contributed by atoms with van der Waals surface area (Å²) in [4.78, 5) is 14.8. The summed E-state index contributed by atoms with van der Waals surface area (Å²) in [5.41, 5.74) is 0. The molecule has 0 radical (unpaired) electrons. The molecule has 0 aliphatic heterocycles. The average molecular weight is 270 g/mol. The molecule has 1 fully saturated rings. The monoisotopic (exact) mass is 269 g/mol. The van der Waals surface area contributed by atoms with Gasteiger partial charge in [-0.2, -0.15) is 15.0 Å². The Morgan fingerprint density at radius 1 is 1.22 bits per heavy atom. The van der Waals surface area contributed by atoms with Crippen LogP contribution in [0.3, 0.4) is 0 Å². The minimum absolute atomic E-state index is 0.252. The number of nitrogens with one attached hydrogen (secondary N) is 1. The van der Waals surface area contributed by atoms with Crippen LogP contribution in [0.25, 0.3) is 0 Å². The van der Waals surface area contributed by atoms with Gasteiger partial charge in [-0.3, -0.25) is 0 Å². The summed E-state index contributed by atoms with van der Waals surface area (Å²) in [6, 6.07) is 0.475. The zero-order valence-corrected chi connectivity index (χ0v) is 11.9. The van der Waals surface area contributed by atoms with E-state index in [9.17, 15) is 0 Å². The van der Waals surface area contributed by atoms with Crippen molar-refractivity contribution in [1.82, 2.24) is 15.0 Å². The number of aromatic nitrogens is 3. The highest BCUT2D eigenvalue weighted by atomic mass is 35.5. The summed E-state index contributed by atoms with van der Waals surface area (Å²) in [5.74, 6) is 2.03. The lowest BCUT2D eigenvalue weighted by molar-refractivity contribution is 0.308. The third-order valence-corrected chi connectivity index (χ3v) is 3.52. The molecule has 1 N–H and O–H groups in total. The molecule has 2 rings (SSSR count). The van der Waals surface area contributed by atoms with E-state index in [0.29, 0.717) is 17.9 Å². The molecule has 6 heteroatoms. The summed E-state index contributed by atoms with van der Waals surface area (Å²) in [7, 11) is 0. The maximum Gasteiger partial charge on any atom is 0.231 e. The first kappa shape index (κ1) is 13.3. The Bertz CT molecular complexity index is 401. The second-order valence-electron chi connectivity index (χ2n) is 4.82. The first-order chi connectivity index (χ1) is 8.62. The highest BCUT2D eigenvalue weighted by Crippen LogP contribution is 2.29. The van der Waals surface area contributed by atoms with Crippen molar-refractivity contribution in [3.05, 3.63) is 5.28 Å². The zero-order valence-electron chi connectivity index (χ0n) is 11.1. The van der Waals surface area contributed by atoms with Gasteiger partial charge in [0.1, 0.15) is 0 Å². The zero-order chi connectivity index (χ0) is 13.1. The van der Waals surface area contributed by atoms with E-state index in [2.05, 4.69) is 45.9 Å². The van der Waals surface area contributed by atoms with Gasteiger partial charge in [0.05, 0.1) is 0 Å². The lowest BCUT2D eigenvalue weighted by Crippen LogP contribution is -2.34. The average Bonchev–Trinajstić information content (AvgIpc) is 2.28. The molecule has 0 unspecified atom stereocenters. The van der Waals surface area contributed by atoms with Gasteiger partial charge in [0.2, 0.25) is 17.2 Å². The summed E-state index contributed by atoms with van der Waals surface area (Å²) in [6.07, 6.45) is 2.34. The molecule has 5 nitrogen and oxygen atoms in total. The van der Waals surface area contributed by atoms with E-state index in [1.54, 1.807) is 0 Å². The minimum Gasteiger partial charge on any atom is -0.351 e. The summed E-state index contributed by atoms with van der Waals surface area (Å²) < 4.78 is 0. The number of nitrogens with zero attached hydrogens (tertiary/aromatic N) is 4. The van der Waals surface area contributed by atoms with Crippen LogP contribution in [0.5, 0.6) is 0 Å². The van der Waals surface area contributed by atoms with E-state index >= 15 is 0 Å². The Kier molecular flexibility index (Phi) is 4.22. The summed E-state index contributed by atoms with van der Waals surface area (Å²) in [6.45, 7) is 8.11. The SMILES string of the molecule is CCN(CC)c1nc(Cl)nc(NC2CC(C)C2)n1. The van der Waals surface area contributed by atoms with Gasteiger partial charge in [0, 0.05) is 19.1 Å². The van der Waals surface area contributed by atoms with E-state index in [1.807, 2.05) is 0 Å².